The number of anilines is 1. The number of nitrogens with one attached hydrogen (secondary N) is 1. The first-order valence-corrected chi connectivity index (χ1v) is 7.66. The normalized spacial score (nSPS) is 13.2. The minimum absolute atomic E-state index is 0.246. The van der Waals surface area contributed by atoms with Crippen LogP contribution in [0.3, 0.4) is 0 Å². The largest absolute Gasteiger partial charge is 0.364 e. The van der Waals surface area contributed by atoms with Gasteiger partial charge >= 0.3 is 0 Å². The summed E-state index contributed by atoms with van der Waals surface area (Å²) in [6.07, 6.45) is 3.39. The topological polar surface area (TPSA) is 56.1 Å². The smallest absolute Gasteiger partial charge is 0.261 e. The zero-order valence-electron chi connectivity index (χ0n) is 13.6. The molecule has 5 nitrogen and oxygen atoms in total. The molecule has 5 heteroatoms. The molecule has 0 aliphatic carbocycles. The summed E-state index contributed by atoms with van der Waals surface area (Å²) in [7, 11) is 1.53. The third kappa shape index (κ3) is 3.07. The molecular weight excluding hydrogens is 302 g/mol. The third-order valence-electron chi connectivity index (χ3n) is 4.03. The van der Waals surface area contributed by atoms with Crippen molar-refractivity contribution in [1.29, 1.82) is 0 Å². The van der Waals surface area contributed by atoms with Gasteiger partial charge in [0.1, 0.15) is 0 Å². The highest BCUT2D eigenvalue weighted by molar-refractivity contribution is 5.97. The van der Waals surface area contributed by atoms with Gasteiger partial charge in [-0.2, -0.15) is 5.10 Å². The lowest BCUT2D eigenvalue weighted by atomic mass is 9.94. The van der Waals surface area contributed by atoms with Gasteiger partial charge in [0.05, 0.1) is 23.8 Å². The second kappa shape index (κ2) is 6.68. The zero-order chi connectivity index (χ0) is 17.0. The monoisotopic (exact) mass is 321 g/mol. The van der Waals surface area contributed by atoms with Crippen LogP contribution >= 0.6 is 0 Å². The Morgan fingerprint density at radius 1 is 1.08 bits per heavy atom. The summed E-state index contributed by atoms with van der Waals surface area (Å²) in [4.78, 5) is 12.7. The number of hydrogen-bond acceptors (Lipinski definition) is 3. The van der Waals surface area contributed by atoms with Crippen LogP contribution in [-0.2, 0) is 15.1 Å². The first-order chi connectivity index (χ1) is 11.6. The predicted octanol–water partition coefficient (Wildman–Crippen LogP) is 3.37. The number of carbonyl (C=O) groups is 1. The maximum Gasteiger partial charge on any atom is 0.261 e. The Labute approximate surface area is 140 Å². The maximum atomic E-state index is 12.7. The summed E-state index contributed by atoms with van der Waals surface area (Å²) in [5, 5.41) is 7.16. The van der Waals surface area contributed by atoms with Crippen molar-refractivity contribution >= 4 is 11.6 Å². The van der Waals surface area contributed by atoms with E-state index in [0.29, 0.717) is 5.69 Å². The van der Waals surface area contributed by atoms with Gasteiger partial charge in [0, 0.05) is 7.11 Å². The molecule has 0 aliphatic heterocycles. The molecule has 2 aromatic carbocycles. The zero-order valence-corrected chi connectivity index (χ0v) is 13.6. The predicted molar refractivity (Wildman–Crippen MR) is 93.0 cm³/mol. The van der Waals surface area contributed by atoms with E-state index in [1.165, 1.54) is 7.11 Å². The second-order valence-electron chi connectivity index (χ2n) is 5.57. The van der Waals surface area contributed by atoms with Crippen LogP contribution in [-0.4, -0.2) is 22.8 Å². The number of amides is 1. The molecule has 0 radical (unpaired) electrons. The Kier molecular flexibility index (Phi) is 4.44. The maximum absolute atomic E-state index is 12.7. The number of para-hydroxylation sites is 1. The van der Waals surface area contributed by atoms with Crippen molar-refractivity contribution in [2.45, 2.75) is 12.5 Å². The summed E-state index contributed by atoms with van der Waals surface area (Å²) >= 11 is 0. The molecule has 0 saturated heterocycles. The number of rotatable bonds is 5. The highest BCUT2D eigenvalue weighted by Gasteiger charge is 2.35. The van der Waals surface area contributed by atoms with Crippen molar-refractivity contribution in [3.8, 4) is 5.69 Å². The van der Waals surface area contributed by atoms with Crippen molar-refractivity contribution in [3.63, 3.8) is 0 Å². The van der Waals surface area contributed by atoms with Gasteiger partial charge in [-0.15, -0.1) is 0 Å². The van der Waals surface area contributed by atoms with E-state index in [1.54, 1.807) is 24.0 Å². The van der Waals surface area contributed by atoms with Crippen molar-refractivity contribution in [2.24, 2.45) is 0 Å². The van der Waals surface area contributed by atoms with E-state index < -0.39 is 5.60 Å². The van der Waals surface area contributed by atoms with Crippen molar-refractivity contribution in [3.05, 3.63) is 78.6 Å². The summed E-state index contributed by atoms with van der Waals surface area (Å²) in [5.74, 6) is -0.246. The van der Waals surface area contributed by atoms with Crippen molar-refractivity contribution < 1.29 is 9.53 Å². The third-order valence-corrected chi connectivity index (χ3v) is 4.03. The summed E-state index contributed by atoms with van der Waals surface area (Å²) in [6, 6.07) is 19.1. The quantitative estimate of drug-likeness (QED) is 0.784. The van der Waals surface area contributed by atoms with Crippen LogP contribution in [0.1, 0.15) is 12.5 Å². The molecule has 1 amide bonds. The molecule has 1 aromatic heterocycles. The first-order valence-electron chi connectivity index (χ1n) is 7.66. The van der Waals surface area contributed by atoms with Crippen LogP contribution in [0.4, 0.5) is 5.69 Å². The van der Waals surface area contributed by atoms with Gasteiger partial charge < -0.3 is 10.1 Å². The van der Waals surface area contributed by atoms with Crippen molar-refractivity contribution in [2.75, 3.05) is 12.4 Å². The molecular formula is C19H19N3O2. The average molecular weight is 321 g/mol. The van der Waals surface area contributed by atoms with Gasteiger partial charge in [-0.3, -0.25) is 4.79 Å². The Morgan fingerprint density at radius 3 is 2.33 bits per heavy atom. The van der Waals surface area contributed by atoms with Gasteiger partial charge in [-0.25, -0.2) is 4.68 Å². The SMILES string of the molecule is CO[C@@](C)(C(=O)Nc1cnn(-c2ccccc2)c1)c1ccccc1. The minimum Gasteiger partial charge on any atom is -0.364 e. The van der Waals surface area contributed by atoms with E-state index in [1.807, 2.05) is 60.7 Å². The summed E-state index contributed by atoms with van der Waals surface area (Å²) < 4.78 is 7.22. The molecule has 0 bridgehead atoms. The number of methoxy groups -OCH3 is 1. The average Bonchev–Trinajstić information content (AvgIpc) is 3.11. The van der Waals surface area contributed by atoms with Gasteiger partial charge in [0.2, 0.25) is 0 Å². The number of ether oxygens (including phenoxy) is 1. The van der Waals surface area contributed by atoms with E-state index >= 15 is 0 Å². The van der Waals surface area contributed by atoms with Crippen LogP contribution < -0.4 is 5.32 Å². The number of carbonyl (C=O) groups excluding carboxylic acids is 1. The molecule has 24 heavy (non-hydrogen) atoms. The van der Waals surface area contributed by atoms with E-state index in [-0.39, 0.29) is 5.91 Å². The minimum atomic E-state index is -1.07. The lowest BCUT2D eigenvalue weighted by molar-refractivity contribution is -0.136. The van der Waals surface area contributed by atoms with Crippen LogP contribution in [0.2, 0.25) is 0 Å². The van der Waals surface area contributed by atoms with E-state index in [0.717, 1.165) is 11.3 Å². The Morgan fingerprint density at radius 2 is 1.71 bits per heavy atom. The fourth-order valence-electron chi connectivity index (χ4n) is 2.46. The van der Waals surface area contributed by atoms with E-state index in [4.69, 9.17) is 4.74 Å². The van der Waals surface area contributed by atoms with Crippen LogP contribution in [0.25, 0.3) is 5.69 Å². The molecule has 1 N–H and O–H groups in total. The molecule has 0 saturated carbocycles. The van der Waals surface area contributed by atoms with E-state index in [2.05, 4.69) is 10.4 Å². The fourth-order valence-corrected chi connectivity index (χ4v) is 2.46. The first kappa shape index (κ1) is 16.0. The Hall–Kier alpha value is -2.92. The molecule has 3 rings (SSSR count). The van der Waals surface area contributed by atoms with Gasteiger partial charge in [-0.05, 0) is 24.6 Å². The highest BCUT2D eigenvalue weighted by atomic mass is 16.5. The Bertz CT molecular complexity index is 815. The van der Waals surface area contributed by atoms with Gasteiger partial charge in [-0.1, -0.05) is 48.5 Å². The van der Waals surface area contributed by atoms with Gasteiger partial charge in [0.15, 0.2) is 5.60 Å². The standard InChI is InChI=1S/C19H19N3O2/c1-19(24-2,15-9-5-3-6-10-15)18(23)21-16-13-20-22(14-16)17-11-7-4-8-12-17/h3-14H,1-2H3,(H,21,23)/t19-/m1/s1. The molecule has 0 fully saturated rings. The highest BCUT2D eigenvalue weighted by Crippen LogP contribution is 2.26. The van der Waals surface area contributed by atoms with E-state index in [9.17, 15) is 4.79 Å². The van der Waals surface area contributed by atoms with Crippen LogP contribution in [0.5, 0.6) is 0 Å². The number of nitrogens with zero attached hydrogens (tertiary/aromatic N) is 2. The molecule has 3 aromatic rings. The lowest BCUT2D eigenvalue weighted by Gasteiger charge is -2.27. The fraction of sp³-hybridized carbons (Fsp3) is 0.158. The molecule has 1 heterocycles. The molecule has 1 atom stereocenters. The molecule has 122 valence electrons. The second-order valence-corrected chi connectivity index (χ2v) is 5.57. The Balaban J connectivity index is 1.81. The van der Waals surface area contributed by atoms with Crippen LogP contribution in [0, 0.1) is 0 Å². The number of hydrogen-bond donors (Lipinski definition) is 1. The lowest BCUT2D eigenvalue weighted by Crippen LogP contribution is -2.39. The van der Waals surface area contributed by atoms with Crippen LogP contribution in [0.15, 0.2) is 73.1 Å². The molecule has 0 aliphatic rings. The van der Waals surface area contributed by atoms with Crippen molar-refractivity contribution in [1.82, 2.24) is 9.78 Å². The molecule has 0 spiro atoms. The summed E-state index contributed by atoms with van der Waals surface area (Å²) in [5.41, 5.74) is 1.26. The molecule has 0 unspecified atom stereocenters. The number of benzene rings is 2. The number of aromatic nitrogens is 2. The van der Waals surface area contributed by atoms with Gasteiger partial charge in [0.25, 0.3) is 5.91 Å². The summed E-state index contributed by atoms with van der Waals surface area (Å²) in [6.45, 7) is 1.75.